The van der Waals surface area contributed by atoms with Crippen LogP contribution in [0.4, 0.5) is 0 Å². The summed E-state index contributed by atoms with van der Waals surface area (Å²) in [4.78, 5) is 24.5. The highest BCUT2D eigenvalue weighted by Crippen LogP contribution is 2.69. The molecule has 0 aromatic heterocycles. The van der Waals surface area contributed by atoms with Crippen LogP contribution in [0.5, 0.6) is 0 Å². The van der Waals surface area contributed by atoms with Crippen LogP contribution in [0.1, 0.15) is 79.6 Å². The molecule has 4 nitrogen and oxygen atoms in total. The molecule has 4 aliphatic carbocycles. The first kappa shape index (κ1) is 21.1. The van der Waals surface area contributed by atoms with E-state index < -0.39 is 5.60 Å². The van der Waals surface area contributed by atoms with Gasteiger partial charge >= 0.3 is 5.97 Å². The maximum absolute atomic E-state index is 12.3. The second-order valence-electron chi connectivity index (χ2n) is 10.9. The second-order valence-corrected chi connectivity index (χ2v) is 10.9. The largest absolute Gasteiger partial charge is 0.459 e. The Labute approximate surface area is 175 Å². The van der Waals surface area contributed by atoms with E-state index in [4.69, 9.17) is 4.74 Å². The van der Waals surface area contributed by atoms with E-state index in [1.165, 1.54) is 5.57 Å². The molecule has 0 bridgehead atoms. The summed E-state index contributed by atoms with van der Waals surface area (Å²) in [6, 6.07) is 0. The minimum absolute atomic E-state index is 0.00962. The summed E-state index contributed by atoms with van der Waals surface area (Å²) in [6.45, 7) is 10.9. The molecular weight excluding hydrogens is 364 g/mol. The van der Waals surface area contributed by atoms with Crippen LogP contribution in [0.25, 0.3) is 0 Å². The molecule has 4 rings (SSSR count). The Balaban J connectivity index is 1.72. The van der Waals surface area contributed by atoms with Crippen molar-refractivity contribution < 1.29 is 19.4 Å². The van der Waals surface area contributed by atoms with Crippen molar-refractivity contribution in [3.05, 3.63) is 11.6 Å². The molecule has 0 aliphatic heterocycles. The van der Waals surface area contributed by atoms with Crippen LogP contribution < -0.4 is 0 Å². The average molecular weight is 403 g/mol. The molecule has 4 heteroatoms. The number of aliphatic hydroxyl groups is 1. The third-order valence-corrected chi connectivity index (χ3v) is 9.92. The Morgan fingerprint density at radius 1 is 1.21 bits per heavy atom. The van der Waals surface area contributed by atoms with Crippen LogP contribution in [0, 0.1) is 40.4 Å². The van der Waals surface area contributed by atoms with Crippen molar-refractivity contribution in [2.75, 3.05) is 6.61 Å². The monoisotopic (exact) mass is 402 g/mol. The molecule has 0 spiro atoms. The van der Waals surface area contributed by atoms with E-state index in [0.717, 1.165) is 32.1 Å². The van der Waals surface area contributed by atoms with Gasteiger partial charge in [-0.2, -0.15) is 0 Å². The summed E-state index contributed by atoms with van der Waals surface area (Å²) in [5.41, 5.74) is 0.558. The molecule has 1 N–H and O–H groups in total. The number of hydrogen-bond donors (Lipinski definition) is 1. The zero-order valence-electron chi connectivity index (χ0n) is 18.8. The first-order valence-corrected chi connectivity index (χ1v) is 11.7. The highest BCUT2D eigenvalue weighted by molar-refractivity contribution is 5.92. The molecule has 0 unspecified atom stereocenters. The van der Waals surface area contributed by atoms with Crippen molar-refractivity contribution in [2.24, 2.45) is 40.4 Å². The number of carbonyl (C=O) groups is 2. The number of carbonyl (C=O) groups excluding carboxylic acids is 2. The van der Waals surface area contributed by atoms with E-state index in [2.05, 4.69) is 27.7 Å². The number of ether oxygens (including phenoxy) is 1. The fourth-order valence-corrected chi connectivity index (χ4v) is 8.19. The first-order chi connectivity index (χ1) is 13.6. The van der Waals surface area contributed by atoms with E-state index in [1.807, 2.05) is 13.0 Å². The molecule has 0 heterocycles. The third kappa shape index (κ3) is 2.73. The van der Waals surface area contributed by atoms with Gasteiger partial charge in [0.05, 0.1) is 6.61 Å². The molecule has 3 saturated carbocycles. The van der Waals surface area contributed by atoms with E-state index in [0.29, 0.717) is 36.5 Å². The van der Waals surface area contributed by atoms with Crippen LogP contribution in [-0.4, -0.2) is 29.1 Å². The van der Waals surface area contributed by atoms with E-state index in [1.54, 1.807) is 0 Å². The summed E-state index contributed by atoms with van der Waals surface area (Å²) >= 11 is 0. The minimum Gasteiger partial charge on any atom is -0.459 e. The van der Waals surface area contributed by atoms with Gasteiger partial charge in [-0.05, 0) is 74.7 Å². The van der Waals surface area contributed by atoms with Crippen molar-refractivity contribution in [1.29, 1.82) is 0 Å². The number of esters is 1. The van der Waals surface area contributed by atoms with Gasteiger partial charge in [0.2, 0.25) is 0 Å². The predicted octanol–water partition coefficient (Wildman–Crippen LogP) is 4.69. The number of aliphatic hydroxyl groups excluding tert-OH is 1. The maximum Gasteiger partial charge on any atom is 0.306 e. The number of ketones is 1. The Bertz CT molecular complexity index is 741. The van der Waals surface area contributed by atoms with Gasteiger partial charge in [0, 0.05) is 23.7 Å². The zero-order valence-corrected chi connectivity index (χ0v) is 18.8. The molecule has 0 aromatic carbocycles. The van der Waals surface area contributed by atoms with Crippen LogP contribution in [0.2, 0.25) is 0 Å². The fourth-order valence-electron chi connectivity index (χ4n) is 8.19. The molecular formula is C25H38O4. The van der Waals surface area contributed by atoms with Gasteiger partial charge in [-0.15, -0.1) is 0 Å². The number of rotatable bonds is 3. The fraction of sp³-hybridized carbons (Fsp3) is 0.840. The number of hydrogen-bond acceptors (Lipinski definition) is 4. The smallest absolute Gasteiger partial charge is 0.306 e. The van der Waals surface area contributed by atoms with Crippen molar-refractivity contribution >= 4 is 11.8 Å². The maximum atomic E-state index is 12.3. The van der Waals surface area contributed by atoms with E-state index >= 15 is 0 Å². The van der Waals surface area contributed by atoms with Crippen LogP contribution in [0.15, 0.2) is 11.6 Å². The van der Waals surface area contributed by atoms with Gasteiger partial charge < -0.3 is 9.84 Å². The summed E-state index contributed by atoms with van der Waals surface area (Å²) < 4.78 is 6.08. The summed E-state index contributed by atoms with van der Waals surface area (Å²) in [5.74, 6) is 2.08. The van der Waals surface area contributed by atoms with Crippen LogP contribution in [0.3, 0.4) is 0 Å². The Morgan fingerprint density at radius 3 is 2.55 bits per heavy atom. The SMILES string of the molecule is CCC(=O)O[C@]1(C)CC[C@H]2[C@@H]3C[C@H](C)C4=CC(=O)C[C@H](C)[C@]4(CO)[C@H]3CC[C@@]21C. The Morgan fingerprint density at radius 2 is 1.90 bits per heavy atom. The topological polar surface area (TPSA) is 63.6 Å². The van der Waals surface area contributed by atoms with Crippen molar-refractivity contribution in [3.63, 3.8) is 0 Å². The van der Waals surface area contributed by atoms with Gasteiger partial charge in [0.25, 0.3) is 0 Å². The molecule has 0 saturated heterocycles. The standard InChI is InChI=1S/C25H38O4/c1-6-22(28)29-24(5)10-8-19-18-11-15(2)21-13-17(27)12-16(3)25(21,14-26)20(18)7-9-23(19,24)4/h13,15-16,18-20,26H,6-12,14H2,1-5H3/t15-,16-,18-,19-,20-,23-,24+,25+/m0/s1. The van der Waals surface area contributed by atoms with Crippen molar-refractivity contribution in [1.82, 2.24) is 0 Å². The molecule has 0 amide bonds. The Kier molecular flexibility index (Phi) is 5.04. The van der Waals surface area contributed by atoms with Crippen molar-refractivity contribution in [2.45, 2.75) is 85.2 Å². The van der Waals surface area contributed by atoms with E-state index in [-0.39, 0.29) is 35.1 Å². The predicted molar refractivity (Wildman–Crippen MR) is 112 cm³/mol. The normalized spacial score (nSPS) is 49.0. The van der Waals surface area contributed by atoms with Crippen LogP contribution >= 0.6 is 0 Å². The molecule has 3 fully saturated rings. The van der Waals surface area contributed by atoms with Gasteiger partial charge in [-0.3, -0.25) is 9.59 Å². The zero-order chi connectivity index (χ0) is 21.2. The van der Waals surface area contributed by atoms with E-state index in [9.17, 15) is 14.7 Å². The summed E-state index contributed by atoms with van der Waals surface area (Å²) in [5, 5.41) is 10.7. The lowest BCUT2D eigenvalue weighted by Crippen LogP contribution is -2.59. The lowest BCUT2D eigenvalue weighted by Gasteiger charge is -2.62. The first-order valence-electron chi connectivity index (χ1n) is 11.7. The summed E-state index contributed by atoms with van der Waals surface area (Å²) in [6.07, 6.45) is 8.02. The second kappa shape index (κ2) is 6.93. The highest BCUT2D eigenvalue weighted by atomic mass is 16.6. The van der Waals surface area contributed by atoms with Crippen molar-refractivity contribution in [3.8, 4) is 0 Å². The quantitative estimate of drug-likeness (QED) is 0.695. The lowest BCUT2D eigenvalue weighted by atomic mass is 9.43. The molecule has 162 valence electrons. The average Bonchev–Trinajstić information content (AvgIpc) is 2.93. The van der Waals surface area contributed by atoms with Gasteiger partial charge in [0.15, 0.2) is 5.78 Å². The highest BCUT2D eigenvalue weighted by Gasteiger charge is 2.66. The molecule has 4 aliphatic rings. The van der Waals surface area contributed by atoms with Crippen LogP contribution in [-0.2, 0) is 14.3 Å². The molecule has 8 atom stereocenters. The molecule has 0 radical (unpaired) electrons. The third-order valence-electron chi connectivity index (χ3n) is 9.92. The minimum atomic E-state index is -0.393. The van der Waals surface area contributed by atoms with Gasteiger partial charge in [-0.25, -0.2) is 0 Å². The van der Waals surface area contributed by atoms with Gasteiger partial charge in [-0.1, -0.05) is 33.3 Å². The lowest BCUT2D eigenvalue weighted by molar-refractivity contribution is -0.183. The molecule has 29 heavy (non-hydrogen) atoms. The molecule has 0 aromatic rings. The van der Waals surface area contributed by atoms with Gasteiger partial charge in [0.1, 0.15) is 5.60 Å². The Hall–Kier alpha value is -1.16. The summed E-state index contributed by atoms with van der Waals surface area (Å²) in [7, 11) is 0. The number of fused-ring (bicyclic) bond motifs is 5.